The first kappa shape index (κ1) is 21.4. The Labute approximate surface area is 174 Å². The predicted molar refractivity (Wildman–Crippen MR) is 115 cm³/mol. The maximum absolute atomic E-state index is 6.28. The van der Waals surface area contributed by atoms with Gasteiger partial charge < -0.3 is 20.1 Å². The highest BCUT2D eigenvalue weighted by atomic mass is 35.5. The van der Waals surface area contributed by atoms with Crippen molar-refractivity contribution in [3.05, 3.63) is 34.9 Å². The van der Waals surface area contributed by atoms with E-state index in [-0.39, 0.29) is 5.41 Å². The van der Waals surface area contributed by atoms with E-state index in [1.807, 2.05) is 19.2 Å². The lowest BCUT2D eigenvalue weighted by Crippen LogP contribution is -2.51. The lowest BCUT2D eigenvalue weighted by Gasteiger charge is -2.43. The van der Waals surface area contributed by atoms with Gasteiger partial charge in [-0.15, -0.1) is 0 Å². The molecule has 2 fully saturated rings. The number of ether oxygens (including phenoxy) is 2. The summed E-state index contributed by atoms with van der Waals surface area (Å²) < 4.78 is 11.0. The van der Waals surface area contributed by atoms with Crippen LogP contribution in [-0.4, -0.2) is 53.0 Å². The van der Waals surface area contributed by atoms with E-state index in [0.717, 1.165) is 63.2 Å². The minimum absolute atomic E-state index is 0.0188. The second kappa shape index (κ2) is 9.95. The van der Waals surface area contributed by atoms with Gasteiger partial charge in [0, 0.05) is 57.5 Å². The quantitative estimate of drug-likeness (QED) is 0.509. The molecule has 6 heteroatoms. The van der Waals surface area contributed by atoms with Gasteiger partial charge in [-0.3, -0.25) is 4.99 Å². The predicted octanol–water partition coefficient (Wildman–Crippen LogP) is 3.76. The van der Waals surface area contributed by atoms with E-state index < -0.39 is 0 Å². The molecule has 1 heterocycles. The second-order valence-electron chi connectivity index (χ2n) is 8.28. The summed E-state index contributed by atoms with van der Waals surface area (Å²) in [5.41, 5.74) is 1.66. The van der Waals surface area contributed by atoms with Gasteiger partial charge in [-0.25, -0.2) is 0 Å². The number of hydrogen-bond acceptors (Lipinski definition) is 3. The van der Waals surface area contributed by atoms with Gasteiger partial charge in [0.05, 0.1) is 0 Å². The van der Waals surface area contributed by atoms with Gasteiger partial charge >= 0.3 is 0 Å². The highest BCUT2D eigenvalue weighted by Crippen LogP contribution is 2.43. The molecule has 0 unspecified atom stereocenters. The van der Waals surface area contributed by atoms with Crippen LogP contribution in [-0.2, 0) is 14.9 Å². The van der Waals surface area contributed by atoms with Crippen LogP contribution in [0.25, 0.3) is 0 Å². The van der Waals surface area contributed by atoms with Crippen LogP contribution in [0.3, 0.4) is 0 Å². The Hall–Kier alpha value is -1.30. The molecule has 156 valence electrons. The number of rotatable bonds is 8. The molecule has 0 bridgehead atoms. The summed E-state index contributed by atoms with van der Waals surface area (Å²) in [4.78, 5) is 4.46. The molecule has 0 atom stereocenters. The maximum Gasteiger partial charge on any atom is 0.191 e. The highest BCUT2D eigenvalue weighted by molar-refractivity contribution is 6.30. The van der Waals surface area contributed by atoms with Crippen LogP contribution in [0.15, 0.2) is 29.3 Å². The first-order chi connectivity index (χ1) is 13.6. The Bertz CT molecular complexity index is 655. The van der Waals surface area contributed by atoms with Crippen molar-refractivity contribution in [2.75, 3.05) is 47.1 Å². The summed E-state index contributed by atoms with van der Waals surface area (Å²) in [5, 5.41) is 7.94. The van der Waals surface area contributed by atoms with Crippen molar-refractivity contribution in [2.45, 2.75) is 43.9 Å². The van der Waals surface area contributed by atoms with Gasteiger partial charge in [-0.1, -0.05) is 30.2 Å². The van der Waals surface area contributed by atoms with E-state index in [9.17, 15) is 0 Å². The summed E-state index contributed by atoms with van der Waals surface area (Å²) in [6.45, 7) is 4.15. The molecule has 2 N–H and O–H groups in total. The van der Waals surface area contributed by atoms with Crippen LogP contribution in [0.4, 0.5) is 0 Å². The minimum Gasteiger partial charge on any atom is -0.385 e. The summed E-state index contributed by atoms with van der Waals surface area (Å²) >= 11 is 6.28. The molecule has 0 aromatic heterocycles. The lowest BCUT2D eigenvalue weighted by atomic mass is 9.67. The highest BCUT2D eigenvalue weighted by Gasteiger charge is 2.37. The number of halogens is 1. The Balaban J connectivity index is 1.61. The maximum atomic E-state index is 6.28. The Kier molecular flexibility index (Phi) is 7.61. The summed E-state index contributed by atoms with van der Waals surface area (Å²) in [6, 6.07) is 8.25. The van der Waals surface area contributed by atoms with Gasteiger partial charge in [0.2, 0.25) is 0 Å². The third kappa shape index (κ3) is 5.19. The van der Waals surface area contributed by atoms with Gasteiger partial charge in [0.25, 0.3) is 0 Å². The fourth-order valence-electron chi connectivity index (χ4n) is 4.40. The van der Waals surface area contributed by atoms with Crippen molar-refractivity contribution >= 4 is 17.6 Å². The fourth-order valence-corrected chi connectivity index (χ4v) is 4.59. The zero-order valence-corrected chi connectivity index (χ0v) is 18.0. The van der Waals surface area contributed by atoms with Gasteiger partial charge in [-0.05, 0) is 55.2 Å². The smallest absolute Gasteiger partial charge is 0.191 e. The van der Waals surface area contributed by atoms with E-state index in [1.165, 1.54) is 24.8 Å². The van der Waals surface area contributed by atoms with Crippen molar-refractivity contribution in [2.24, 2.45) is 10.4 Å². The molecular weight excluding hydrogens is 374 g/mol. The average molecular weight is 408 g/mol. The number of hydrogen-bond donors (Lipinski definition) is 2. The molecule has 0 spiro atoms. The van der Waals surface area contributed by atoms with Crippen molar-refractivity contribution in [1.82, 2.24) is 10.6 Å². The molecule has 1 aliphatic carbocycles. The standard InChI is InChI=1S/C22H34ClN3O2/c1-24-20(25-16-21(7-4-8-21)9-12-27-2)26-17-22(10-13-28-14-11-22)18-5-3-6-19(23)15-18/h3,5-6,15H,4,7-14,16-17H2,1-2H3,(H2,24,25,26). The van der Waals surface area contributed by atoms with Gasteiger partial charge in [0.1, 0.15) is 0 Å². The van der Waals surface area contributed by atoms with Crippen LogP contribution < -0.4 is 10.6 Å². The van der Waals surface area contributed by atoms with E-state index in [4.69, 9.17) is 21.1 Å². The first-order valence-corrected chi connectivity index (χ1v) is 10.8. The number of methoxy groups -OCH3 is 1. The Morgan fingerprint density at radius 3 is 2.54 bits per heavy atom. The van der Waals surface area contributed by atoms with Gasteiger partial charge in [0.15, 0.2) is 5.96 Å². The number of aliphatic imine (C=N–C) groups is 1. The molecule has 0 amide bonds. The molecule has 1 saturated heterocycles. The van der Waals surface area contributed by atoms with Crippen LogP contribution in [0, 0.1) is 5.41 Å². The molecule has 2 aliphatic rings. The van der Waals surface area contributed by atoms with Gasteiger partial charge in [-0.2, -0.15) is 0 Å². The Morgan fingerprint density at radius 2 is 1.93 bits per heavy atom. The van der Waals surface area contributed by atoms with E-state index >= 15 is 0 Å². The summed E-state index contributed by atoms with van der Waals surface area (Å²) in [7, 11) is 3.62. The summed E-state index contributed by atoms with van der Waals surface area (Å²) in [6.07, 6.45) is 6.92. The van der Waals surface area contributed by atoms with E-state index in [0.29, 0.717) is 5.41 Å². The number of nitrogens with zero attached hydrogens (tertiary/aromatic N) is 1. The van der Waals surface area contributed by atoms with Crippen molar-refractivity contribution in [1.29, 1.82) is 0 Å². The number of guanidine groups is 1. The number of nitrogens with one attached hydrogen (secondary N) is 2. The monoisotopic (exact) mass is 407 g/mol. The van der Waals surface area contributed by atoms with E-state index in [2.05, 4.69) is 27.8 Å². The van der Waals surface area contributed by atoms with Crippen LogP contribution in [0.5, 0.6) is 0 Å². The van der Waals surface area contributed by atoms with Crippen LogP contribution in [0.1, 0.15) is 44.1 Å². The van der Waals surface area contributed by atoms with Crippen LogP contribution in [0.2, 0.25) is 5.02 Å². The average Bonchev–Trinajstić information content (AvgIpc) is 2.69. The molecule has 28 heavy (non-hydrogen) atoms. The van der Waals surface area contributed by atoms with Crippen molar-refractivity contribution < 1.29 is 9.47 Å². The van der Waals surface area contributed by atoms with E-state index in [1.54, 1.807) is 7.11 Å². The zero-order chi connectivity index (χ0) is 19.9. The third-order valence-electron chi connectivity index (χ3n) is 6.59. The fraction of sp³-hybridized carbons (Fsp3) is 0.682. The Morgan fingerprint density at radius 1 is 1.18 bits per heavy atom. The molecule has 0 radical (unpaired) electrons. The SMILES string of the molecule is CN=C(NCC1(CCOC)CCC1)NCC1(c2cccc(Cl)c2)CCOCC1. The largest absolute Gasteiger partial charge is 0.385 e. The summed E-state index contributed by atoms with van der Waals surface area (Å²) in [5.74, 6) is 0.872. The number of benzene rings is 1. The molecule has 3 rings (SSSR count). The minimum atomic E-state index is 0.0188. The topological polar surface area (TPSA) is 54.9 Å². The normalized spacial score (nSPS) is 21.0. The first-order valence-electron chi connectivity index (χ1n) is 10.4. The molecule has 1 aromatic rings. The third-order valence-corrected chi connectivity index (χ3v) is 6.82. The van der Waals surface area contributed by atoms with Crippen molar-refractivity contribution in [3.8, 4) is 0 Å². The molecule has 1 aliphatic heterocycles. The molecular formula is C22H34ClN3O2. The second-order valence-corrected chi connectivity index (χ2v) is 8.72. The molecule has 1 aromatic carbocycles. The lowest BCUT2D eigenvalue weighted by molar-refractivity contribution is 0.0512. The zero-order valence-electron chi connectivity index (χ0n) is 17.2. The van der Waals surface area contributed by atoms with Crippen LogP contribution >= 0.6 is 11.6 Å². The van der Waals surface area contributed by atoms with Crippen molar-refractivity contribution in [3.63, 3.8) is 0 Å². The molecule has 5 nitrogen and oxygen atoms in total. The molecule has 1 saturated carbocycles.